The van der Waals surface area contributed by atoms with E-state index in [2.05, 4.69) is 115 Å². The van der Waals surface area contributed by atoms with Gasteiger partial charge in [0.15, 0.2) is 0 Å². The van der Waals surface area contributed by atoms with Crippen LogP contribution in [0.25, 0.3) is 0 Å². The van der Waals surface area contributed by atoms with E-state index < -0.39 is 7.26 Å². The molecular weight excluding hydrogens is 409 g/mol. The molecule has 0 aliphatic heterocycles. The summed E-state index contributed by atoms with van der Waals surface area (Å²) in [5.41, 5.74) is 1.23. The molecule has 0 saturated carbocycles. The van der Waals surface area contributed by atoms with Crippen LogP contribution in [0.3, 0.4) is 0 Å². The standard InChI is InChI=1S/C29H27NOP/c1-24(21-30)22-31-26-13-11-12-25(20-26)23-32(27-14-5-2-6-15-27,28-16-7-3-8-17-28)29-18-9-4-10-19-29/h2-20,24H,22-23H2,1H3/q+1. The largest absolute Gasteiger partial charge is 0.492 e. The molecule has 0 spiro atoms. The molecule has 3 heteroatoms. The third kappa shape index (κ3) is 4.75. The van der Waals surface area contributed by atoms with E-state index in [1.165, 1.54) is 21.5 Å². The lowest BCUT2D eigenvalue weighted by Crippen LogP contribution is -2.32. The normalized spacial score (nSPS) is 12.0. The molecule has 2 nitrogen and oxygen atoms in total. The van der Waals surface area contributed by atoms with E-state index in [-0.39, 0.29) is 5.92 Å². The molecule has 4 aromatic carbocycles. The third-order valence-electron chi connectivity index (χ3n) is 5.63. The first-order valence-electron chi connectivity index (χ1n) is 10.9. The van der Waals surface area contributed by atoms with E-state index in [1.54, 1.807) is 0 Å². The van der Waals surface area contributed by atoms with Crippen molar-refractivity contribution in [3.63, 3.8) is 0 Å². The third-order valence-corrected chi connectivity index (χ3v) is 10.0. The Morgan fingerprint density at radius 2 is 1.22 bits per heavy atom. The highest BCUT2D eigenvalue weighted by atomic mass is 31.2. The van der Waals surface area contributed by atoms with Crippen molar-refractivity contribution in [2.75, 3.05) is 6.61 Å². The maximum absolute atomic E-state index is 9.07. The Bertz CT molecular complexity index is 1070. The summed E-state index contributed by atoms with van der Waals surface area (Å²) in [7, 11) is -1.95. The van der Waals surface area contributed by atoms with Crippen LogP contribution in [0, 0.1) is 17.2 Å². The SMILES string of the molecule is CC(C#N)COc1cccc(C[P+](c2ccccc2)(c2ccccc2)c2ccccc2)c1. The molecule has 1 atom stereocenters. The molecular formula is C29H27NOP+. The van der Waals surface area contributed by atoms with Crippen molar-refractivity contribution in [2.24, 2.45) is 5.92 Å². The number of nitriles is 1. The van der Waals surface area contributed by atoms with Crippen molar-refractivity contribution >= 4 is 23.2 Å². The number of nitrogens with zero attached hydrogens (tertiary/aromatic N) is 1. The Morgan fingerprint density at radius 3 is 1.69 bits per heavy atom. The van der Waals surface area contributed by atoms with Crippen LogP contribution in [0.4, 0.5) is 0 Å². The van der Waals surface area contributed by atoms with Crippen LogP contribution in [0.1, 0.15) is 12.5 Å². The van der Waals surface area contributed by atoms with Crippen LogP contribution in [-0.2, 0) is 6.16 Å². The summed E-state index contributed by atoms with van der Waals surface area (Å²) in [6, 6.07) is 43.2. The summed E-state index contributed by atoms with van der Waals surface area (Å²) in [5.74, 6) is 0.681. The van der Waals surface area contributed by atoms with Gasteiger partial charge in [-0.3, -0.25) is 0 Å². The lowest BCUT2D eigenvalue weighted by atomic mass is 10.2. The van der Waals surface area contributed by atoms with Crippen molar-refractivity contribution in [2.45, 2.75) is 13.1 Å². The zero-order valence-electron chi connectivity index (χ0n) is 18.3. The predicted molar refractivity (Wildman–Crippen MR) is 136 cm³/mol. The fourth-order valence-electron chi connectivity index (χ4n) is 4.03. The number of benzene rings is 4. The molecule has 0 aromatic heterocycles. The summed E-state index contributed by atoms with van der Waals surface area (Å²) in [6.07, 6.45) is 0.899. The maximum Gasteiger partial charge on any atom is 0.119 e. The lowest BCUT2D eigenvalue weighted by Gasteiger charge is -2.28. The molecule has 0 aliphatic rings. The number of hydrogen-bond acceptors (Lipinski definition) is 2. The van der Waals surface area contributed by atoms with Gasteiger partial charge in [-0.1, -0.05) is 66.7 Å². The average molecular weight is 437 g/mol. The van der Waals surface area contributed by atoms with E-state index in [9.17, 15) is 0 Å². The van der Waals surface area contributed by atoms with Crippen molar-refractivity contribution in [1.29, 1.82) is 5.26 Å². The van der Waals surface area contributed by atoms with Gasteiger partial charge in [-0.25, -0.2) is 0 Å². The van der Waals surface area contributed by atoms with Crippen LogP contribution < -0.4 is 20.7 Å². The summed E-state index contributed by atoms with van der Waals surface area (Å²) < 4.78 is 5.92. The molecule has 0 bridgehead atoms. The van der Waals surface area contributed by atoms with Gasteiger partial charge >= 0.3 is 0 Å². The molecule has 158 valence electrons. The van der Waals surface area contributed by atoms with Gasteiger partial charge in [0.05, 0.1) is 18.1 Å². The van der Waals surface area contributed by atoms with Gasteiger partial charge in [0, 0.05) is 0 Å². The molecule has 1 unspecified atom stereocenters. The van der Waals surface area contributed by atoms with Crippen LogP contribution >= 0.6 is 7.26 Å². The Morgan fingerprint density at radius 1 is 0.719 bits per heavy atom. The fourth-order valence-corrected chi connectivity index (χ4v) is 8.26. The highest BCUT2D eigenvalue weighted by molar-refractivity contribution is 7.95. The first kappa shape index (κ1) is 21.8. The quantitative estimate of drug-likeness (QED) is 0.331. The molecule has 4 rings (SSSR count). The van der Waals surface area contributed by atoms with Gasteiger partial charge in [0.1, 0.15) is 35.5 Å². The Hall–Kier alpha value is -3.40. The minimum Gasteiger partial charge on any atom is -0.492 e. The first-order valence-corrected chi connectivity index (χ1v) is 12.9. The number of ether oxygens (including phenoxy) is 1. The average Bonchev–Trinajstić information content (AvgIpc) is 2.87. The van der Waals surface area contributed by atoms with Crippen LogP contribution in [0.5, 0.6) is 5.75 Å². The van der Waals surface area contributed by atoms with Gasteiger partial charge < -0.3 is 4.74 Å². The van der Waals surface area contributed by atoms with Gasteiger partial charge in [-0.2, -0.15) is 5.26 Å². The summed E-state index contributed by atoms with van der Waals surface area (Å²) in [5, 5.41) is 13.2. The second-order valence-corrected chi connectivity index (χ2v) is 11.4. The zero-order valence-corrected chi connectivity index (χ0v) is 19.2. The van der Waals surface area contributed by atoms with Crippen molar-refractivity contribution in [3.8, 4) is 11.8 Å². The van der Waals surface area contributed by atoms with Crippen LogP contribution in [0.15, 0.2) is 115 Å². The second kappa shape index (κ2) is 10.3. The van der Waals surface area contributed by atoms with Gasteiger partial charge in [0.25, 0.3) is 0 Å². The van der Waals surface area contributed by atoms with Gasteiger partial charge in [-0.05, 0) is 61.0 Å². The Balaban J connectivity index is 1.83. The van der Waals surface area contributed by atoms with Crippen molar-refractivity contribution < 1.29 is 4.74 Å². The van der Waals surface area contributed by atoms with E-state index in [4.69, 9.17) is 10.00 Å². The van der Waals surface area contributed by atoms with Crippen molar-refractivity contribution in [1.82, 2.24) is 0 Å². The molecule has 0 fully saturated rings. The monoisotopic (exact) mass is 436 g/mol. The molecule has 4 aromatic rings. The van der Waals surface area contributed by atoms with E-state index in [1.807, 2.05) is 13.0 Å². The molecule has 0 heterocycles. The summed E-state index contributed by atoms with van der Waals surface area (Å²) in [6.45, 7) is 2.27. The van der Waals surface area contributed by atoms with Crippen LogP contribution in [-0.4, -0.2) is 6.61 Å². The minimum atomic E-state index is -1.95. The highest BCUT2D eigenvalue weighted by Crippen LogP contribution is 2.58. The van der Waals surface area contributed by atoms with E-state index in [0.717, 1.165) is 11.9 Å². The van der Waals surface area contributed by atoms with Gasteiger partial charge in [-0.15, -0.1) is 0 Å². The number of hydrogen-bond donors (Lipinski definition) is 0. The lowest BCUT2D eigenvalue weighted by molar-refractivity contribution is 0.288. The molecule has 32 heavy (non-hydrogen) atoms. The molecule has 0 N–H and O–H groups in total. The van der Waals surface area contributed by atoms with E-state index in [0.29, 0.717) is 6.61 Å². The van der Waals surface area contributed by atoms with Crippen molar-refractivity contribution in [3.05, 3.63) is 121 Å². The van der Waals surface area contributed by atoms with E-state index >= 15 is 0 Å². The summed E-state index contributed by atoms with van der Waals surface area (Å²) >= 11 is 0. The first-order chi connectivity index (χ1) is 15.7. The Labute approximate surface area is 191 Å². The maximum atomic E-state index is 9.07. The number of rotatable bonds is 8. The second-order valence-electron chi connectivity index (χ2n) is 7.96. The molecule has 0 amide bonds. The fraction of sp³-hybridized carbons (Fsp3) is 0.138. The molecule has 0 saturated heterocycles. The predicted octanol–water partition coefficient (Wildman–Crippen LogP) is 5.72. The van der Waals surface area contributed by atoms with Crippen LogP contribution in [0.2, 0.25) is 0 Å². The molecule has 0 aliphatic carbocycles. The smallest absolute Gasteiger partial charge is 0.119 e. The highest BCUT2D eigenvalue weighted by Gasteiger charge is 2.45. The topological polar surface area (TPSA) is 33.0 Å². The van der Waals surface area contributed by atoms with Gasteiger partial charge in [0.2, 0.25) is 0 Å². The zero-order chi connectivity index (χ0) is 22.2. The molecule has 0 radical (unpaired) electrons. The Kier molecular flexibility index (Phi) is 7.00. The summed E-state index contributed by atoms with van der Waals surface area (Å²) in [4.78, 5) is 0. The minimum absolute atomic E-state index is 0.136.